The summed E-state index contributed by atoms with van der Waals surface area (Å²) in [6, 6.07) is 6.54. The number of benzene rings is 1. The molecule has 3 rings (SSSR count). The maximum absolute atomic E-state index is 6.14. The van der Waals surface area contributed by atoms with Crippen LogP contribution in [-0.2, 0) is 0 Å². The zero-order chi connectivity index (χ0) is 12.5. The number of rotatable bonds is 1. The predicted octanol–water partition coefficient (Wildman–Crippen LogP) is 4.08. The van der Waals surface area contributed by atoms with Crippen molar-refractivity contribution in [3.8, 4) is 0 Å². The lowest BCUT2D eigenvalue weighted by atomic mass is 9.78. The Bertz CT molecular complexity index is 431. The summed E-state index contributed by atoms with van der Waals surface area (Å²) < 4.78 is 0. The first-order valence-corrected chi connectivity index (χ1v) is 7.45. The standard InChI is InChI=1S/C15H21ClN2/c16-12-7-8-13(17)15(10-12)18-9-3-5-11-4-1-2-6-14(11)18/h7-8,10-11,14H,1-6,9,17H2/t11-,14-/m1/s1. The average molecular weight is 265 g/mol. The maximum atomic E-state index is 6.14. The SMILES string of the molecule is Nc1ccc(Cl)cc1N1CCC[C@H]2CCCC[C@H]21. The van der Waals surface area contributed by atoms with E-state index in [4.69, 9.17) is 17.3 Å². The number of halogens is 1. The second-order valence-electron chi connectivity index (χ2n) is 5.65. The van der Waals surface area contributed by atoms with Gasteiger partial charge in [-0.3, -0.25) is 0 Å². The van der Waals surface area contributed by atoms with Crippen LogP contribution in [0.5, 0.6) is 0 Å². The first-order chi connectivity index (χ1) is 8.75. The van der Waals surface area contributed by atoms with Gasteiger partial charge in [-0.2, -0.15) is 0 Å². The first kappa shape index (κ1) is 12.2. The zero-order valence-corrected chi connectivity index (χ0v) is 11.5. The molecule has 0 bridgehead atoms. The normalized spacial score (nSPS) is 27.9. The molecule has 2 fully saturated rings. The molecule has 98 valence electrons. The van der Waals surface area contributed by atoms with E-state index in [1.165, 1.54) is 38.5 Å². The van der Waals surface area contributed by atoms with E-state index in [9.17, 15) is 0 Å². The lowest BCUT2D eigenvalue weighted by Gasteiger charge is -2.45. The number of nitrogen functional groups attached to an aromatic ring is 1. The van der Waals surface area contributed by atoms with Crippen LogP contribution < -0.4 is 10.6 Å². The summed E-state index contributed by atoms with van der Waals surface area (Å²) in [7, 11) is 0. The largest absolute Gasteiger partial charge is 0.397 e. The summed E-state index contributed by atoms with van der Waals surface area (Å²) in [4.78, 5) is 2.52. The van der Waals surface area contributed by atoms with Gasteiger partial charge in [0.1, 0.15) is 0 Å². The molecule has 18 heavy (non-hydrogen) atoms. The lowest BCUT2D eigenvalue weighted by Crippen LogP contribution is -2.47. The smallest absolute Gasteiger partial charge is 0.0617 e. The van der Waals surface area contributed by atoms with Crippen molar-refractivity contribution in [1.82, 2.24) is 0 Å². The highest BCUT2D eigenvalue weighted by molar-refractivity contribution is 6.31. The predicted molar refractivity (Wildman–Crippen MR) is 78.2 cm³/mol. The van der Waals surface area contributed by atoms with E-state index in [0.29, 0.717) is 6.04 Å². The van der Waals surface area contributed by atoms with Gasteiger partial charge < -0.3 is 10.6 Å². The van der Waals surface area contributed by atoms with Gasteiger partial charge in [0.25, 0.3) is 0 Å². The minimum atomic E-state index is 0.688. The molecule has 2 aliphatic rings. The molecule has 0 radical (unpaired) electrons. The number of fused-ring (bicyclic) bond motifs is 1. The summed E-state index contributed by atoms with van der Waals surface area (Å²) in [6.07, 6.45) is 8.14. The molecule has 1 heterocycles. The molecule has 1 aromatic carbocycles. The Labute approximate surface area is 114 Å². The zero-order valence-electron chi connectivity index (χ0n) is 10.7. The van der Waals surface area contributed by atoms with E-state index in [-0.39, 0.29) is 0 Å². The van der Waals surface area contributed by atoms with Crippen LogP contribution in [0.1, 0.15) is 38.5 Å². The number of nitrogens with zero attached hydrogens (tertiary/aromatic N) is 1. The molecule has 1 aliphatic heterocycles. The Kier molecular flexibility index (Phi) is 3.38. The van der Waals surface area contributed by atoms with Crippen molar-refractivity contribution in [2.45, 2.75) is 44.6 Å². The van der Waals surface area contributed by atoms with E-state index in [1.807, 2.05) is 18.2 Å². The van der Waals surface area contributed by atoms with Crippen molar-refractivity contribution in [1.29, 1.82) is 0 Å². The van der Waals surface area contributed by atoms with E-state index in [2.05, 4.69) is 4.90 Å². The van der Waals surface area contributed by atoms with Crippen molar-refractivity contribution in [3.63, 3.8) is 0 Å². The fourth-order valence-electron chi connectivity index (χ4n) is 3.69. The summed E-state index contributed by atoms with van der Waals surface area (Å²) in [5.74, 6) is 0.867. The van der Waals surface area contributed by atoms with E-state index in [1.54, 1.807) is 0 Å². The molecular formula is C15H21ClN2. The molecular weight excluding hydrogens is 244 g/mol. The maximum Gasteiger partial charge on any atom is 0.0617 e. The van der Waals surface area contributed by atoms with Gasteiger partial charge >= 0.3 is 0 Å². The monoisotopic (exact) mass is 264 g/mol. The molecule has 2 atom stereocenters. The van der Waals surface area contributed by atoms with Gasteiger partial charge in [0, 0.05) is 17.6 Å². The molecule has 1 saturated heterocycles. The highest BCUT2D eigenvalue weighted by Gasteiger charge is 2.33. The minimum absolute atomic E-state index is 0.688. The Morgan fingerprint density at radius 1 is 1.11 bits per heavy atom. The Hall–Kier alpha value is -0.890. The number of piperidine rings is 1. The summed E-state index contributed by atoms with van der Waals surface area (Å²) in [6.45, 7) is 1.13. The van der Waals surface area contributed by atoms with Crippen LogP contribution in [0.4, 0.5) is 11.4 Å². The van der Waals surface area contributed by atoms with E-state index in [0.717, 1.165) is 28.9 Å². The molecule has 0 aromatic heterocycles. The highest BCUT2D eigenvalue weighted by Crippen LogP contribution is 2.40. The molecule has 1 aromatic rings. The van der Waals surface area contributed by atoms with Crippen molar-refractivity contribution >= 4 is 23.0 Å². The van der Waals surface area contributed by atoms with Crippen LogP contribution in [0, 0.1) is 5.92 Å². The fraction of sp³-hybridized carbons (Fsp3) is 0.600. The lowest BCUT2D eigenvalue weighted by molar-refractivity contribution is 0.244. The van der Waals surface area contributed by atoms with Gasteiger partial charge in [0.05, 0.1) is 11.4 Å². The second kappa shape index (κ2) is 5.00. The molecule has 3 heteroatoms. The summed E-state index contributed by atoms with van der Waals surface area (Å²) >= 11 is 6.13. The van der Waals surface area contributed by atoms with E-state index >= 15 is 0 Å². The first-order valence-electron chi connectivity index (χ1n) is 7.07. The van der Waals surface area contributed by atoms with Gasteiger partial charge in [0.2, 0.25) is 0 Å². The summed E-state index contributed by atoms with van der Waals surface area (Å²) in [5, 5.41) is 0.789. The van der Waals surface area contributed by atoms with Crippen LogP contribution in [0.15, 0.2) is 18.2 Å². The average Bonchev–Trinajstić information content (AvgIpc) is 2.41. The Morgan fingerprint density at radius 2 is 1.89 bits per heavy atom. The minimum Gasteiger partial charge on any atom is -0.397 e. The van der Waals surface area contributed by atoms with Crippen LogP contribution in [0.25, 0.3) is 0 Å². The molecule has 2 nitrogen and oxygen atoms in total. The molecule has 0 unspecified atom stereocenters. The Morgan fingerprint density at radius 3 is 2.78 bits per heavy atom. The quantitative estimate of drug-likeness (QED) is 0.775. The third-order valence-corrected chi connectivity index (χ3v) is 4.78. The second-order valence-corrected chi connectivity index (χ2v) is 6.09. The van der Waals surface area contributed by atoms with Gasteiger partial charge in [-0.1, -0.05) is 24.4 Å². The van der Waals surface area contributed by atoms with Gasteiger partial charge in [0.15, 0.2) is 0 Å². The van der Waals surface area contributed by atoms with Crippen LogP contribution in [0.3, 0.4) is 0 Å². The number of anilines is 2. The highest BCUT2D eigenvalue weighted by atomic mass is 35.5. The van der Waals surface area contributed by atoms with Crippen LogP contribution in [-0.4, -0.2) is 12.6 Å². The van der Waals surface area contributed by atoms with Crippen molar-refractivity contribution < 1.29 is 0 Å². The van der Waals surface area contributed by atoms with Gasteiger partial charge in [-0.25, -0.2) is 0 Å². The molecule has 1 saturated carbocycles. The van der Waals surface area contributed by atoms with E-state index < -0.39 is 0 Å². The van der Waals surface area contributed by atoms with Gasteiger partial charge in [-0.15, -0.1) is 0 Å². The van der Waals surface area contributed by atoms with Gasteiger partial charge in [-0.05, 0) is 49.8 Å². The fourth-order valence-corrected chi connectivity index (χ4v) is 3.86. The topological polar surface area (TPSA) is 29.3 Å². The number of hydrogen-bond acceptors (Lipinski definition) is 2. The third kappa shape index (κ3) is 2.18. The third-order valence-electron chi connectivity index (χ3n) is 4.55. The number of hydrogen-bond donors (Lipinski definition) is 1. The Balaban J connectivity index is 1.91. The van der Waals surface area contributed by atoms with Crippen molar-refractivity contribution in [3.05, 3.63) is 23.2 Å². The van der Waals surface area contributed by atoms with Crippen LogP contribution >= 0.6 is 11.6 Å². The van der Waals surface area contributed by atoms with Crippen molar-refractivity contribution in [2.75, 3.05) is 17.2 Å². The molecule has 1 aliphatic carbocycles. The summed E-state index contributed by atoms with van der Waals surface area (Å²) in [5.41, 5.74) is 8.16. The van der Waals surface area contributed by atoms with Crippen LogP contribution in [0.2, 0.25) is 5.02 Å². The number of nitrogens with two attached hydrogens (primary N) is 1. The molecule has 0 spiro atoms. The molecule has 2 N–H and O–H groups in total. The molecule has 0 amide bonds. The van der Waals surface area contributed by atoms with Crippen molar-refractivity contribution in [2.24, 2.45) is 5.92 Å².